The van der Waals surface area contributed by atoms with E-state index < -0.39 is 0 Å². The van der Waals surface area contributed by atoms with E-state index in [4.69, 9.17) is 11.5 Å². The highest BCUT2D eigenvalue weighted by atomic mass is 14.9. The van der Waals surface area contributed by atoms with E-state index in [1.165, 1.54) is 24.8 Å². The van der Waals surface area contributed by atoms with Crippen molar-refractivity contribution >= 4 is 24.5 Å². The summed E-state index contributed by atoms with van der Waals surface area (Å²) < 4.78 is 0. The highest BCUT2D eigenvalue weighted by Gasteiger charge is 2.21. The van der Waals surface area contributed by atoms with Crippen LogP contribution in [0.15, 0.2) is 66.1 Å². The maximum absolute atomic E-state index is 6.48. The van der Waals surface area contributed by atoms with Gasteiger partial charge < -0.3 is 16.8 Å². The zero-order chi connectivity index (χ0) is 27.7. The van der Waals surface area contributed by atoms with Crippen LogP contribution < -0.4 is 27.2 Å². The molecule has 1 aromatic carbocycles. The SMILES string of the molecule is C=C(N)CC1/C(C)=C/C(C)CC(CC)CCCc2c(N)c(=C)cc(c2=C)NC(=C)/C(C)=C/C=C\C1CC. The van der Waals surface area contributed by atoms with Crippen molar-refractivity contribution in [3.8, 4) is 0 Å². The van der Waals surface area contributed by atoms with Crippen LogP contribution in [0.25, 0.3) is 13.2 Å². The molecule has 2 bridgehead atoms. The van der Waals surface area contributed by atoms with Crippen LogP contribution in [0.3, 0.4) is 0 Å². The minimum atomic E-state index is 0.354. The van der Waals surface area contributed by atoms with Gasteiger partial charge in [0.15, 0.2) is 0 Å². The molecule has 1 aliphatic heterocycles. The lowest BCUT2D eigenvalue weighted by molar-refractivity contribution is 0.379. The van der Waals surface area contributed by atoms with Gasteiger partial charge in [-0.3, -0.25) is 0 Å². The summed E-state index contributed by atoms with van der Waals surface area (Å²) in [4.78, 5) is 0. The van der Waals surface area contributed by atoms with Gasteiger partial charge in [0.05, 0.1) is 0 Å². The van der Waals surface area contributed by atoms with Crippen LogP contribution in [-0.4, -0.2) is 0 Å². The zero-order valence-electron chi connectivity index (χ0n) is 24.1. The van der Waals surface area contributed by atoms with E-state index in [-0.39, 0.29) is 0 Å². The van der Waals surface area contributed by atoms with Gasteiger partial charge in [-0.05, 0) is 97.3 Å². The fraction of sp³-hybridized carbons (Fsp3) is 0.471. The molecular formula is C34H51N3. The summed E-state index contributed by atoms with van der Waals surface area (Å²) in [6, 6.07) is 1.99. The predicted octanol–water partition coefficient (Wildman–Crippen LogP) is 7.36. The molecule has 0 amide bonds. The van der Waals surface area contributed by atoms with Crippen molar-refractivity contribution in [2.24, 2.45) is 29.4 Å². The minimum absolute atomic E-state index is 0.354. The van der Waals surface area contributed by atoms with Gasteiger partial charge in [-0.25, -0.2) is 0 Å². The number of hydrogen-bond acceptors (Lipinski definition) is 3. The maximum Gasteiger partial charge on any atom is 0.0461 e. The Hall–Kier alpha value is -2.94. The number of hydrogen-bond donors (Lipinski definition) is 3. The Balaban J connectivity index is 2.53. The third kappa shape index (κ3) is 8.55. The Kier molecular flexibility index (Phi) is 11.6. The van der Waals surface area contributed by atoms with Crippen LogP contribution in [0, 0.1) is 23.7 Å². The molecule has 0 aromatic heterocycles. The lowest BCUT2D eigenvalue weighted by atomic mass is 9.79. The molecule has 5 N–H and O–H groups in total. The van der Waals surface area contributed by atoms with E-state index in [2.05, 4.69) is 90.6 Å². The number of nitrogens with two attached hydrogens (primary N) is 2. The lowest BCUT2D eigenvalue weighted by Crippen LogP contribution is -2.24. The number of benzene rings is 1. The molecule has 1 aromatic rings. The topological polar surface area (TPSA) is 64.1 Å². The van der Waals surface area contributed by atoms with Crippen LogP contribution in [-0.2, 0) is 6.42 Å². The van der Waals surface area contributed by atoms with Gasteiger partial charge in [-0.15, -0.1) is 0 Å². The minimum Gasteiger partial charge on any atom is -0.402 e. The van der Waals surface area contributed by atoms with Gasteiger partial charge in [0.2, 0.25) is 0 Å². The summed E-state index contributed by atoms with van der Waals surface area (Å²) in [5.74, 6) is 1.93. The van der Waals surface area contributed by atoms with Gasteiger partial charge in [0, 0.05) is 22.8 Å². The number of allylic oxidation sites excluding steroid dienone is 7. The summed E-state index contributed by atoms with van der Waals surface area (Å²) in [7, 11) is 0. The molecule has 1 aliphatic rings. The molecule has 4 atom stereocenters. The molecule has 0 saturated heterocycles. The third-order valence-electron chi connectivity index (χ3n) is 8.07. The molecule has 0 fully saturated rings. The van der Waals surface area contributed by atoms with Crippen molar-refractivity contribution in [1.29, 1.82) is 0 Å². The maximum atomic E-state index is 6.48. The predicted molar refractivity (Wildman–Crippen MR) is 166 cm³/mol. The number of rotatable bonds is 4. The molecule has 2 rings (SSSR count). The molecule has 3 heteroatoms. The summed E-state index contributed by atoms with van der Waals surface area (Å²) in [6.07, 6.45) is 16.5. The molecular weight excluding hydrogens is 450 g/mol. The van der Waals surface area contributed by atoms with E-state index in [9.17, 15) is 0 Å². The monoisotopic (exact) mass is 501 g/mol. The van der Waals surface area contributed by atoms with E-state index in [0.717, 1.165) is 70.0 Å². The average Bonchev–Trinajstić information content (AvgIpc) is 2.84. The molecule has 0 saturated carbocycles. The zero-order valence-corrected chi connectivity index (χ0v) is 24.1. The number of anilines is 2. The van der Waals surface area contributed by atoms with Crippen molar-refractivity contribution < 1.29 is 0 Å². The van der Waals surface area contributed by atoms with Crippen LogP contribution in [0.1, 0.15) is 78.7 Å². The number of nitrogens with one attached hydrogen (secondary N) is 1. The Morgan fingerprint density at radius 3 is 2.46 bits per heavy atom. The smallest absolute Gasteiger partial charge is 0.0461 e. The Labute approximate surface area is 226 Å². The normalized spacial score (nSPS) is 27.9. The molecule has 202 valence electrons. The van der Waals surface area contributed by atoms with E-state index in [1.807, 2.05) is 6.07 Å². The van der Waals surface area contributed by atoms with E-state index in [0.29, 0.717) is 23.7 Å². The average molecular weight is 502 g/mol. The highest BCUT2D eigenvalue weighted by Crippen LogP contribution is 2.32. The Morgan fingerprint density at radius 2 is 1.84 bits per heavy atom. The van der Waals surface area contributed by atoms with E-state index in [1.54, 1.807) is 0 Å². The van der Waals surface area contributed by atoms with Gasteiger partial charge in [-0.1, -0.05) is 89.8 Å². The molecule has 3 nitrogen and oxygen atoms in total. The summed E-state index contributed by atoms with van der Waals surface area (Å²) in [5, 5.41) is 5.27. The fourth-order valence-corrected chi connectivity index (χ4v) is 5.67. The first-order valence-electron chi connectivity index (χ1n) is 14.0. The first kappa shape index (κ1) is 30.3. The molecule has 4 unspecified atom stereocenters. The summed E-state index contributed by atoms with van der Waals surface area (Å²) in [5.41, 5.74) is 19.5. The van der Waals surface area contributed by atoms with Crippen LogP contribution in [0.5, 0.6) is 0 Å². The first-order chi connectivity index (χ1) is 17.5. The van der Waals surface area contributed by atoms with Crippen molar-refractivity contribution in [2.75, 3.05) is 11.1 Å². The van der Waals surface area contributed by atoms with Gasteiger partial charge >= 0.3 is 0 Å². The molecule has 0 radical (unpaired) electrons. The Morgan fingerprint density at radius 1 is 1.14 bits per heavy atom. The third-order valence-corrected chi connectivity index (χ3v) is 8.07. The van der Waals surface area contributed by atoms with Crippen LogP contribution in [0.2, 0.25) is 0 Å². The van der Waals surface area contributed by atoms with Gasteiger partial charge in [0.25, 0.3) is 0 Å². The molecule has 0 aliphatic carbocycles. The van der Waals surface area contributed by atoms with Crippen LogP contribution in [0.4, 0.5) is 11.4 Å². The number of fused-ring (bicyclic) bond motifs is 2. The van der Waals surface area contributed by atoms with E-state index >= 15 is 0 Å². The van der Waals surface area contributed by atoms with Crippen molar-refractivity contribution in [3.05, 3.63) is 82.1 Å². The quantitative estimate of drug-likeness (QED) is 0.298. The Bertz CT molecular complexity index is 1150. The fourth-order valence-electron chi connectivity index (χ4n) is 5.67. The van der Waals surface area contributed by atoms with Crippen LogP contribution >= 0.6 is 0 Å². The second-order valence-electron chi connectivity index (χ2n) is 11.1. The summed E-state index contributed by atoms with van der Waals surface area (Å²) >= 11 is 0. The first-order valence-corrected chi connectivity index (χ1v) is 14.0. The highest BCUT2D eigenvalue weighted by molar-refractivity contribution is 5.63. The second-order valence-corrected chi connectivity index (χ2v) is 11.1. The van der Waals surface area contributed by atoms with Gasteiger partial charge in [-0.2, -0.15) is 0 Å². The van der Waals surface area contributed by atoms with Crippen molar-refractivity contribution in [1.82, 2.24) is 0 Å². The number of nitrogen functional groups attached to an aromatic ring is 1. The second kappa shape index (κ2) is 14.1. The lowest BCUT2D eigenvalue weighted by Gasteiger charge is -2.26. The van der Waals surface area contributed by atoms with Crippen molar-refractivity contribution in [2.45, 2.75) is 79.6 Å². The summed E-state index contributed by atoms with van der Waals surface area (Å²) in [6.45, 7) is 28.2. The van der Waals surface area contributed by atoms with Crippen molar-refractivity contribution in [3.63, 3.8) is 0 Å². The van der Waals surface area contributed by atoms with Gasteiger partial charge in [0.1, 0.15) is 0 Å². The molecule has 0 spiro atoms. The largest absolute Gasteiger partial charge is 0.402 e. The molecule has 1 heterocycles. The standard InChI is InChI=1S/C34H51N3/c1-10-29-15-13-17-31-27(8)33(20-25(6)34(31)36)37-28(9)23(4)14-12-16-30(11-2)32(21-26(7)35)24(5)18-22(3)19-29/h12,14,16,18,20,22,29-30,32,37H,6-11,13,15,17,19,21,35-36H2,1-5H3/b16-12-,23-14+,24-18+. The molecule has 37 heavy (non-hydrogen) atoms.